The lowest BCUT2D eigenvalue weighted by Crippen LogP contribution is -2.35. The smallest absolute Gasteiger partial charge is 0.248 e. The number of ether oxygens (including phenoxy) is 3. The van der Waals surface area contributed by atoms with E-state index < -0.39 is 12.1 Å². The number of hydrogen-bond donors (Lipinski definition) is 1. The van der Waals surface area contributed by atoms with Crippen molar-refractivity contribution in [3.05, 3.63) is 23.3 Å². The lowest BCUT2D eigenvalue weighted by atomic mass is 10.0. The molecule has 1 N–H and O–H groups in total. The van der Waals surface area contributed by atoms with Crippen molar-refractivity contribution in [2.45, 2.75) is 77.5 Å². The fourth-order valence-electron chi connectivity index (χ4n) is 3.25. The van der Waals surface area contributed by atoms with Crippen LogP contribution in [0.15, 0.2) is 12.1 Å². The van der Waals surface area contributed by atoms with Crippen LogP contribution in [0, 0.1) is 13.8 Å². The van der Waals surface area contributed by atoms with Crippen LogP contribution in [0.2, 0.25) is 0 Å². The Morgan fingerprint density at radius 2 is 1.77 bits per heavy atom. The van der Waals surface area contributed by atoms with Crippen LogP contribution in [0.4, 0.5) is 0 Å². The van der Waals surface area contributed by atoms with E-state index in [0.717, 1.165) is 50.0 Å². The highest BCUT2D eigenvalue weighted by Crippen LogP contribution is 2.42. The number of aryl methyl sites for hydroxylation is 2. The summed E-state index contributed by atoms with van der Waals surface area (Å²) < 4.78 is 17.6. The maximum Gasteiger partial charge on any atom is 0.248 e. The molecule has 1 fully saturated rings. The van der Waals surface area contributed by atoms with E-state index in [1.54, 1.807) is 0 Å². The minimum Gasteiger partial charge on any atom is -0.449 e. The lowest BCUT2D eigenvalue weighted by molar-refractivity contribution is -0.165. The third-order valence-corrected chi connectivity index (χ3v) is 4.70. The SMILES string of the molecule is Cc1cc2c(cc1C)OC(C)(CCCC1CCCC(O)O1)O2. The van der Waals surface area contributed by atoms with Crippen molar-refractivity contribution in [3.63, 3.8) is 0 Å². The first-order valence-corrected chi connectivity index (χ1v) is 8.28. The van der Waals surface area contributed by atoms with Crippen molar-refractivity contribution in [2.24, 2.45) is 0 Å². The molecule has 0 aliphatic carbocycles. The summed E-state index contributed by atoms with van der Waals surface area (Å²) in [6, 6.07) is 4.10. The van der Waals surface area contributed by atoms with Gasteiger partial charge in [-0.25, -0.2) is 0 Å². The van der Waals surface area contributed by atoms with Crippen molar-refractivity contribution in [1.29, 1.82) is 0 Å². The van der Waals surface area contributed by atoms with Gasteiger partial charge in [-0.3, -0.25) is 0 Å². The number of aliphatic hydroxyl groups excluding tert-OH is 1. The molecule has 2 aliphatic heterocycles. The molecule has 2 heterocycles. The third-order valence-electron chi connectivity index (χ3n) is 4.70. The average Bonchev–Trinajstić information content (AvgIpc) is 2.75. The third kappa shape index (κ3) is 3.39. The van der Waals surface area contributed by atoms with Gasteiger partial charge in [-0.2, -0.15) is 0 Å². The Morgan fingerprint density at radius 1 is 1.14 bits per heavy atom. The fraction of sp³-hybridized carbons (Fsp3) is 0.667. The number of hydrogen-bond acceptors (Lipinski definition) is 4. The Labute approximate surface area is 132 Å². The summed E-state index contributed by atoms with van der Waals surface area (Å²) in [4.78, 5) is 0. The van der Waals surface area contributed by atoms with E-state index >= 15 is 0 Å². The summed E-state index contributed by atoms with van der Waals surface area (Å²) in [7, 11) is 0. The zero-order valence-corrected chi connectivity index (χ0v) is 13.7. The van der Waals surface area contributed by atoms with Gasteiger partial charge in [-0.15, -0.1) is 0 Å². The van der Waals surface area contributed by atoms with Crippen LogP contribution in [-0.2, 0) is 4.74 Å². The molecule has 2 aliphatic rings. The number of benzene rings is 1. The molecule has 0 spiro atoms. The molecule has 1 saturated heterocycles. The molecule has 4 nitrogen and oxygen atoms in total. The van der Waals surface area contributed by atoms with Gasteiger partial charge in [0.25, 0.3) is 0 Å². The highest BCUT2D eigenvalue weighted by atomic mass is 16.7. The van der Waals surface area contributed by atoms with Crippen molar-refractivity contribution in [3.8, 4) is 11.5 Å². The molecule has 1 aromatic rings. The van der Waals surface area contributed by atoms with E-state index in [4.69, 9.17) is 14.2 Å². The standard InChI is InChI=1S/C18H26O4/c1-12-10-15-16(11-13(12)2)22-18(3,21-15)9-5-7-14-6-4-8-17(19)20-14/h10-11,14,17,19H,4-9H2,1-3H3. The van der Waals surface area contributed by atoms with Gasteiger partial charge in [0.15, 0.2) is 17.8 Å². The summed E-state index contributed by atoms with van der Waals surface area (Å²) >= 11 is 0. The maximum absolute atomic E-state index is 9.54. The predicted molar refractivity (Wildman–Crippen MR) is 84.2 cm³/mol. The first-order valence-electron chi connectivity index (χ1n) is 8.28. The minimum atomic E-state index is -0.587. The summed E-state index contributed by atoms with van der Waals surface area (Å²) in [6.45, 7) is 6.16. The minimum absolute atomic E-state index is 0.167. The van der Waals surface area contributed by atoms with E-state index in [1.165, 1.54) is 11.1 Å². The number of fused-ring (bicyclic) bond motifs is 1. The maximum atomic E-state index is 9.54. The molecule has 0 radical (unpaired) electrons. The molecule has 3 rings (SSSR count). The van der Waals surface area contributed by atoms with Crippen LogP contribution < -0.4 is 9.47 Å². The quantitative estimate of drug-likeness (QED) is 0.918. The summed E-state index contributed by atoms with van der Waals surface area (Å²) in [6.07, 6.45) is 5.13. The summed E-state index contributed by atoms with van der Waals surface area (Å²) in [5, 5.41) is 9.54. The molecule has 2 unspecified atom stereocenters. The Kier molecular flexibility index (Phi) is 4.33. The molecule has 0 amide bonds. The van der Waals surface area contributed by atoms with Crippen molar-refractivity contribution in [1.82, 2.24) is 0 Å². The molecule has 2 atom stereocenters. The molecule has 0 saturated carbocycles. The average molecular weight is 306 g/mol. The van der Waals surface area contributed by atoms with E-state index in [9.17, 15) is 5.11 Å². The Bertz CT molecular complexity index is 509. The van der Waals surface area contributed by atoms with Gasteiger partial charge in [-0.05, 0) is 69.2 Å². The zero-order valence-electron chi connectivity index (χ0n) is 13.7. The van der Waals surface area contributed by atoms with Crippen LogP contribution in [-0.4, -0.2) is 23.3 Å². The summed E-state index contributed by atoms with van der Waals surface area (Å²) in [5.74, 6) is 1.10. The van der Waals surface area contributed by atoms with Crippen molar-refractivity contribution in [2.75, 3.05) is 0 Å². The Hall–Kier alpha value is -1.26. The Morgan fingerprint density at radius 3 is 2.36 bits per heavy atom. The second-order valence-electron chi connectivity index (χ2n) is 6.76. The fourth-order valence-corrected chi connectivity index (χ4v) is 3.25. The van der Waals surface area contributed by atoms with Crippen LogP contribution >= 0.6 is 0 Å². The first kappa shape index (κ1) is 15.6. The van der Waals surface area contributed by atoms with Crippen LogP contribution in [0.25, 0.3) is 0 Å². The van der Waals surface area contributed by atoms with E-state index in [1.807, 2.05) is 6.92 Å². The number of aliphatic hydroxyl groups is 1. The molecule has 22 heavy (non-hydrogen) atoms. The topological polar surface area (TPSA) is 47.9 Å². The van der Waals surface area contributed by atoms with Crippen LogP contribution in [0.3, 0.4) is 0 Å². The van der Waals surface area contributed by atoms with Crippen molar-refractivity contribution >= 4 is 0 Å². The molecule has 4 heteroatoms. The monoisotopic (exact) mass is 306 g/mol. The molecule has 1 aromatic carbocycles. The van der Waals surface area contributed by atoms with Crippen LogP contribution in [0.5, 0.6) is 11.5 Å². The lowest BCUT2D eigenvalue weighted by Gasteiger charge is -2.28. The normalized spacial score (nSPS) is 26.2. The van der Waals surface area contributed by atoms with Gasteiger partial charge in [0, 0.05) is 13.3 Å². The van der Waals surface area contributed by atoms with Gasteiger partial charge in [0.2, 0.25) is 5.79 Å². The van der Waals surface area contributed by atoms with Gasteiger partial charge in [0.05, 0.1) is 6.10 Å². The molecule has 0 bridgehead atoms. The second kappa shape index (κ2) is 6.09. The van der Waals surface area contributed by atoms with Gasteiger partial charge in [-0.1, -0.05) is 0 Å². The number of rotatable bonds is 4. The largest absolute Gasteiger partial charge is 0.449 e. The van der Waals surface area contributed by atoms with E-state index in [-0.39, 0.29) is 6.10 Å². The van der Waals surface area contributed by atoms with Gasteiger partial charge in [0.1, 0.15) is 0 Å². The highest BCUT2D eigenvalue weighted by molar-refractivity contribution is 5.48. The molecular formula is C18H26O4. The van der Waals surface area contributed by atoms with Gasteiger partial charge < -0.3 is 19.3 Å². The Balaban J connectivity index is 1.53. The van der Waals surface area contributed by atoms with Crippen molar-refractivity contribution < 1.29 is 19.3 Å². The molecule has 0 aromatic heterocycles. The summed E-state index contributed by atoms with van der Waals surface area (Å²) in [5.41, 5.74) is 2.44. The molecule has 122 valence electrons. The zero-order chi connectivity index (χ0) is 15.7. The van der Waals surface area contributed by atoms with Crippen LogP contribution in [0.1, 0.15) is 56.6 Å². The van der Waals surface area contributed by atoms with E-state index in [2.05, 4.69) is 26.0 Å². The predicted octanol–water partition coefficient (Wildman–Crippen LogP) is 3.85. The highest BCUT2D eigenvalue weighted by Gasteiger charge is 2.36. The second-order valence-corrected chi connectivity index (χ2v) is 6.76. The first-order chi connectivity index (χ1) is 10.5. The van der Waals surface area contributed by atoms with Gasteiger partial charge >= 0.3 is 0 Å². The molecular weight excluding hydrogens is 280 g/mol. The van der Waals surface area contributed by atoms with E-state index in [0.29, 0.717) is 0 Å².